The molecule has 1 atom stereocenters. The SMILES string of the molecule is C=CCC(CN)(c1ccccc1)c1ccccc1.CC1CC(c2ccccc2)(c2ccccc2)CN1.N=P.N=P.[3H]CO.[3H]CO.[F-].[F-].[H-].[H-].[Mg+2].[Mg+2]. The van der Waals surface area contributed by atoms with E-state index in [1.54, 1.807) is 0 Å². The van der Waals surface area contributed by atoms with Crippen LogP contribution in [-0.2, 0) is 10.8 Å². The summed E-state index contributed by atoms with van der Waals surface area (Å²) in [5.41, 5.74) is 11.4. The maximum atomic E-state index is 7.24. The van der Waals surface area contributed by atoms with Crippen molar-refractivity contribution in [1.82, 2.24) is 5.32 Å². The molecule has 12 heteroatoms. The first-order valence-electron chi connectivity index (χ1n) is 15.5. The first-order chi connectivity index (χ1) is 22.5. The van der Waals surface area contributed by atoms with Crippen molar-refractivity contribution in [3.8, 4) is 0 Å². The summed E-state index contributed by atoms with van der Waals surface area (Å²) < 4.78 is 11.5. The van der Waals surface area contributed by atoms with Gasteiger partial charge in [-0.1, -0.05) is 127 Å². The monoisotopic (exact) mass is 724 g/mol. The molecule has 1 aliphatic rings. The van der Waals surface area contributed by atoms with Crippen LogP contribution >= 0.6 is 18.1 Å². The molecule has 1 unspecified atom stereocenters. The molecule has 256 valence electrons. The molecule has 0 aromatic heterocycles. The molecule has 6 nitrogen and oxygen atoms in total. The van der Waals surface area contributed by atoms with Crippen LogP contribution in [0, 0.1) is 10.3 Å². The molecule has 1 saturated heterocycles. The van der Waals surface area contributed by atoms with E-state index in [0.29, 0.717) is 12.6 Å². The molecular formula is C36H52F2Mg2N4O2P2. The van der Waals surface area contributed by atoms with Crippen molar-refractivity contribution in [1.29, 1.82) is 10.3 Å². The summed E-state index contributed by atoms with van der Waals surface area (Å²) in [6, 6.07) is 43.2. The van der Waals surface area contributed by atoms with Gasteiger partial charge in [-0.2, -0.15) is 0 Å². The fourth-order valence-electron chi connectivity index (χ4n) is 5.62. The molecular weight excluding hydrogens is 669 g/mol. The third-order valence-electron chi connectivity index (χ3n) is 7.55. The van der Waals surface area contributed by atoms with Crippen LogP contribution < -0.4 is 20.5 Å². The van der Waals surface area contributed by atoms with Crippen LogP contribution in [-0.4, -0.2) is 89.6 Å². The number of aliphatic hydroxyl groups is 2. The van der Waals surface area contributed by atoms with E-state index in [0.717, 1.165) is 13.0 Å². The van der Waals surface area contributed by atoms with Crippen molar-refractivity contribution in [3.63, 3.8) is 0 Å². The Bertz CT molecular complexity index is 1240. The number of allylic oxidation sites excluding steroid dienone is 1. The van der Waals surface area contributed by atoms with Gasteiger partial charge in [-0.3, -0.25) is 10.3 Å². The van der Waals surface area contributed by atoms with E-state index in [1.807, 2.05) is 18.2 Å². The molecule has 1 heterocycles. The molecule has 0 amide bonds. The minimum absolute atomic E-state index is 0. The predicted octanol–water partition coefficient (Wildman–Crippen LogP) is 1.33. The molecule has 0 aliphatic carbocycles. The summed E-state index contributed by atoms with van der Waals surface area (Å²) in [4.78, 5) is 0. The number of rotatable bonds is 7. The maximum absolute atomic E-state index is 7.24. The smallest absolute Gasteiger partial charge is 1.00 e. The third kappa shape index (κ3) is 15.7. The van der Waals surface area contributed by atoms with Gasteiger partial charge in [-0.25, -0.2) is 0 Å². The second-order valence-electron chi connectivity index (χ2n) is 9.81. The number of aliphatic hydroxyl groups excluding tert-OH is 2. The maximum Gasteiger partial charge on any atom is 2.00 e. The summed E-state index contributed by atoms with van der Waals surface area (Å²) in [5.74, 6) is 0. The van der Waals surface area contributed by atoms with E-state index in [4.69, 9.17) is 29.0 Å². The quantitative estimate of drug-likeness (QED) is 0.0978. The predicted molar refractivity (Wildman–Crippen MR) is 205 cm³/mol. The minimum atomic E-state index is -0.500. The van der Waals surface area contributed by atoms with E-state index >= 15 is 0 Å². The molecule has 48 heavy (non-hydrogen) atoms. The van der Waals surface area contributed by atoms with Crippen LogP contribution in [0.5, 0.6) is 0 Å². The third-order valence-corrected chi connectivity index (χ3v) is 7.55. The van der Waals surface area contributed by atoms with E-state index < -0.39 is 14.2 Å². The average molecular weight is 725 g/mol. The molecule has 0 spiro atoms. The summed E-state index contributed by atoms with van der Waals surface area (Å²) in [5, 5.41) is 29.2. The summed E-state index contributed by atoms with van der Waals surface area (Å²) >= 11 is 0. The number of nitrogens with two attached hydrogens (primary N) is 1. The van der Waals surface area contributed by atoms with Crippen LogP contribution in [0.1, 0.15) is 47.6 Å². The van der Waals surface area contributed by atoms with E-state index in [1.165, 1.54) is 28.7 Å². The standard InChI is InChI=1S/2C17H19N.2CH4O.2FH.2Mg.2H2NP.2H/c1-14-12-17(13-18-14,15-8-4-2-5-9-15)16-10-6-3-7-11-16;1-2-13-17(14-18,15-9-5-3-6-10-15)16-11-7-4-8-12-16;2*1-2;;;;;2*1-2;;/h2-11,14,18H,12-13H2,1H3;2-12H,1,13-14,18H2;2*2H,1H3;2*1H;;;2*1-2H;;/q;;;;;;2*+2;;;2*-1/p-2/i;;2*1T;;;;;;;;. The molecule has 1 aliphatic heterocycles. The second kappa shape index (κ2) is 33.5. The van der Waals surface area contributed by atoms with Gasteiger partial charge < -0.3 is 33.5 Å². The summed E-state index contributed by atoms with van der Waals surface area (Å²) in [7, 11) is 3.44. The number of hydrogen-bond acceptors (Lipinski definition) is 6. The molecule has 4 aromatic carbocycles. The number of benzene rings is 4. The first-order valence-corrected chi connectivity index (χ1v) is 15.0. The molecule has 4 aromatic rings. The minimum Gasteiger partial charge on any atom is -1.00 e. The van der Waals surface area contributed by atoms with Gasteiger partial charge in [0.15, 0.2) is 0 Å². The Morgan fingerprint density at radius 3 is 1.38 bits per heavy atom. The van der Waals surface area contributed by atoms with Crippen molar-refractivity contribution >= 4 is 64.2 Å². The Kier molecular flexibility index (Phi) is 35.2. The van der Waals surface area contributed by atoms with Crippen molar-refractivity contribution in [3.05, 3.63) is 156 Å². The van der Waals surface area contributed by atoms with E-state index in [2.05, 4.69) is 146 Å². The van der Waals surface area contributed by atoms with Crippen LogP contribution in [0.15, 0.2) is 134 Å². The van der Waals surface area contributed by atoms with Gasteiger partial charge in [-0.15, -0.1) is 6.58 Å². The van der Waals surface area contributed by atoms with Gasteiger partial charge in [0.2, 0.25) is 0 Å². The van der Waals surface area contributed by atoms with Gasteiger partial charge in [0, 0.05) is 44.1 Å². The van der Waals surface area contributed by atoms with E-state index in [9.17, 15) is 0 Å². The van der Waals surface area contributed by atoms with Crippen molar-refractivity contribution in [2.24, 2.45) is 5.73 Å². The van der Waals surface area contributed by atoms with Gasteiger partial charge in [0.25, 0.3) is 0 Å². The Morgan fingerprint density at radius 1 is 0.812 bits per heavy atom. The van der Waals surface area contributed by atoms with Crippen LogP contribution in [0.4, 0.5) is 0 Å². The van der Waals surface area contributed by atoms with Crippen molar-refractivity contribution in [2.45, 2.75) is 36.6 Å². The average Bonchev–Trinajstić information content (AvgIpc) is 3.54. The Morgan fingerprint density at radius 2 is 1.12 bits per heavy atom. The molecule has 0 bridgehead atoms. The molecule has 0 saturated carbocycles. The van der Waals surface area contributed by atoms with Crippen LogP contribution in [0.25, 0.3) is 0 Å². The zero-order chi connectivity index (χ0) is 34.7. The normalized spacial score (nSPS) is 13.4. The molecule has 0 radical (unpaired) electrons. The zero-order valence-electron chi connectivity index (χ0n) is 31.8. The largest absolute Gasteiger partial charge is 2.00 e. The second-order valence-corrected chi connectivity index (χ2v) is 9.81. The van der Waals surface area contributed by atoms with Crippen LogP contribution in [0.2, 0.25) is 0 Å². The molecule has 7 N–H and O–H groups in total. The van der Waals surface area contributed by atoms with Crippen LogP contribution in [0.3, 0.4) is 0 Å². The summed E-state index contributed by atoms with van der Waals surface area (Å²) in [6.07, 6.45) is 3.96. The van der Waals surface area contributed by atoms with Crippen molar-refractivity contribution in [2.75, 3.05) is 27.3 Å². The van der Waals surface area contributed by atoms with Gasteiger partial charge >= 0.3 is 46.1 Å². The first kappa shape index (κ1) is 50.4. The number of halogens is 2. The van der Waals surface area contributed by atoms with Gasteiger partial charge in [0.05, 0.1) is 2.74 Å². The van der Waals surface area contributed by atoms with E-state index in [-0.39, 0.29) is 69.2 Å². The number of nitrogens with one attached hydrogen (secondary N) is 3. The van der Waals surface area contributed by atoms with Gasteiger partial charge in [0.1, 0.15) is 0 Å². The molecule has 5 rings (SSSR count). The fraction of sp³-hybridized carbons (Fsp3) is 0.278. The Balaban J connectivity index is -0.000000114. The Labute approximate surface area is 329 Å². The fourth-order valence-corrected chi connectivity index (χ4v) is 5.62. The topological polar surface area (TPSA) is 126 Å². The Hall–Kier alpha value is -1.95. The van der Waals surface area contributed by atoms with Crippen molar-refractivity contribution < 1.29 is 25.2 Å². The zero-order valence-corrected chi connectivity index (χ0v) is 32.6. The number of hydrogen-bond donors (Lipinski definition) is 6. The van der Waals surface area contributed by atoms with Gasteiger partial charge in [-0.05, 0) is 60.1 Å². The molecule has 1 fully saturated rings. The summed E-state index contributed by atoms with van der Waals surface area (Å²) in [6.45, 7) is 7.77.